The van der Waals surface area contributed by atoms with Crippen molar-refractivity contribution in [1.82, 2.24) is 18.7 Å². The van der Waals surface area contributed by atoms with Crippen molar-refractivity contribution in [3.8, 4) is 0 Å². The first kappa shape index (κ1) is 17.4. The molecular formula is C16H16F2N4O2S. The fourth-order valence-corrected chi connectivity index (χ4v) is 3.48. The second kappa shape index (κ2) is 6.83. The molecule has 132 valence electrons. The number of aryl methyl sites for hydroxylation is 2. The number of benzene rings is 1. The maximum atomic E-state index is 13.6. The molecule has 0 N–H and O–H groups in total. The third kappa shape index (κ3) is 3.23. The molecule has 0 radical (unpaired) electrons. The lowest BCUT2D eigenvalue weighted by molar-refractivity contribution is 0.576. The molecule has 2 heterocycles. The summed E-state index contributed by atoms with van der Waals surface area (Å²) in [7, 11) is 3.25. The number of aromatic nitrogens is 4. The van der Waals surface area contributed by atoms with Crippen LogP contribution in [0.3, 0.4) is 0 Å². The summed E-state index contributed by atoms with van der Waals surface area (Å²) in [5, 5.41) is 0. The minimum absolute atomic E-state index is 0.191. The van der Waals surface area contributed by atoms with Crippen LogP contribution >= 0.6 is 11.8 Å². The lowest BCUT2D eigenvalue weighted by atomic mass is 10.3. The fourth-order valence-electron chi connectivity index (χ4n) is 2.59. The average Bonchev–Trinajstić information content (AvgIpc) is 2.97. The molecular weight excluding hydrogens is 350 g/mol. The Morgan fingerprint density at radius 1 is 1.20 bits per heavy atom. The maximum Gasteiger partial charge on any atom is 0.332 e. The van der Waals surface area contributed by atoms with Gasteiger partial charge in [0.2, 0.25) is 0 Å². The third-order valence-electron chi connectivity index (χ3n) is 3.88. The summed E-state index contributed by atoms with van der Waals surface area (Å²) in [6, 6.07) is 3.27. The molecule has 0 amide bonds. The predicted octanol–water partition coefficient (Wildman–Crippen LogP) is 1.89. The predicted molar refractivity (Wildman–Crippen MR) is 91.9 cm³/mol. The standard InChI is InChI=1S/C16H16F2N4O2S/c1-20-9-19-14-13(20)15(23)22(16(24)21(14)2)6-3-7-25-12-8-10(17)4-5-11(12)18/h4-5,8-9H,3,6-7H2,1-2H3. The Bertz CT molecular complexity index is 1050. The number of nitrogens with zero attached hydrogens (tertiary/aromatic N) is 4. The Morgan fingerprint density at radius 3 is 2.72 bits per heavy atom. The molecule has 6 nitrogen and oxygen atoms in total. The quantitative estimate of drug-likeness (QED) is 0.511. The van der Waals surface area contributed by atoms with E-state index in [0.29, 0.717) is 23.3 Å². The zero-order chi connectivity index (χ0) is 18.1. The van der Waals surface area contributed by atoms with Gasteiger partial charge in [0.05, 0.1) is 6.33 Å². The number of hydrogen-bond donors (Lipinski definition) is 0. The number of rotatable bonds is 5. The first-order valence-corrected chi connectivity index (χ1v) is 8.57. The molecule has 0 aliphatic carbocycles. The summed E-state index contributed by atoms with van der Waals surface area (Å²) in [5.74, 6) is -0.550. The van der Waals surface area contributed by atoms with Crippen molar-refractivity contribution >= 4 is 22.9 Å². The van der Waals surface area contributed by atoms with Crippen LogP contribution in [0, 0.1) is 11.6 Å². The topological polar surface area (TPSA) is 61.8 Å². The number of halogens is 2. The maximum absolute atomic E-state index is 13.6. The third-order valence-corrected chi connectivity index (χ3v) is 4.99. The highest BCUT2D eigenvalue weighted by Gasteiger charge is 2.14. The normalized spacial score (nSPS) is 11.4. The van der Waals surface area contributed by atoms with Crippen LogP contribution < -0.4 is 11.2 Å². The SMILES string of the molecule is Cn1cnc2c1c(=O)n(CCCSc1cc(F)ccc1F)c(=O)n2C. The van der Waals surface area contributed by atoms with Crippen molar-refractivity contribution in [2.45, 2.75) is 17.9 Å². The summed E-state index contributed by atoms with van der Waals surface area (Å²) in [4.78, 5) is 29.1. The molecule has 0 aliphatic heterocycles. The van der Waals surface area contributed by atoms with Crippen LogP contribution in [0.25, 0.3) is 11.2 Å². The van der Waals surface area contributed by atoms with Gasteiger partial charge in [-0.2, -0.15) is 0 Å². The van der Waals surface area contributed by atoms with E-state index in [4.69, 9.17) is 0 Å². The number of imidazole rings is 1. The van der Waals surface area contributed by atoms with Crippen molar-refractivity contribution in [2.75, 3.05) is 5.75 Å². The van der Waals surface area contributed by atoms with Crippen LogP contribution in [0.4, 0.5) is 8.78 Å². The Labute approximate surface area is 145 Å². The van der Waals surface area contributed by atoms with Crippen LogP contribution in [0.2, 0.25) is 0 Å². The Morgan fingerprint density at radius 2 is 1.96 bits per heavy atom. The molecule has 0 bridgehead atoms. The van der Waals surface area contributed by atoms with Gasteiger partial charge in [0.1, 0.15) is 11.6 Å². The van der Waals surface area contributed by atoms with Crippen LogP contribution in [0.15, 0.2) is 39.0 Å². The van der Waals surface area contributed by atoms with Crippen LogP contribution in [-0.2, 0) is 20.6 Å². The summed E-state index contributed by atoms with van der Waals surface area (Å²) in [5.41, 5.74) is -0.158. The molecule has 3 aromatic rings. The van der Waals surface area contributed by atoms with Gasteiger partial charge in [-0.05, 0) is 30.4 Å². The van der Waals surface area contributed by atoms with E-state index in [1.807, 2.05) is 0 Å². The van der Waals surface area contributed by atoms with Gasteiger partial charge in [-0.25, -0.2) is 18.6 Å². The zero-order valence-corrected chi connectivity index (χ0v) is 14.5. The van der Waals surface area contributed by atoms with Gasteiger partial charge in [0.15, 0.2) is 11.2 Å². The highest BCUT2D eigenvalue weighted by molar-refractivity contribution is 7.99. The second-order valence-corrected chi connectivity index (χ2v) is 6.74. The number of hydrogen-bond acceptors (Lipinski definition) is 4. The lowest BCUT2D eigenvalue weighted by Crippen LogP contribution is -2.39. The lowest BCUT2D eigenvalue weighted by Gasteiger charge is -2.09. The van der Waals surface area contributed by atoms with Crippen molar-refractivity contribution in [3.63, 3.8) is 0 Å². The van der Waals surface area contributed by atoms with E-state index >= 15 is 0 Å². The van der Waals surface area contributed by atoms with Gasteiger partial charge in [-0.1, -0.05) is 0 Å². The van der Waals surface area contributed by atoms with E-state index in [1.54, 1.807) is 18.7 Å². The second-order valence-electron chi connectivity index (χ2n) is 5.60. The van der Waals surface area contributed by atoms with Crippen molar-refractivity contribution in [1.29, 1.82) is 0 Å². The van der Waals surface area contributed by atoms with E-state index < -0.39 is 22.9 Å². The van der Waals surface area contributed by atoms with E-state index in [0.717, 1.165) is 34.5 Å². The minimum Gasteiger partial charge on any atom is -0.328 e. The molecule has 0 aliphatic rings. The van der Waals surface area contributed by atoms with Crippen LogP contribution in [0.1, 0.15) is 6.42 Å². The first-order chi connectivity index (χ1) is 11.9. The van der Waals surface area contributed by atoms with Gasteiger partial charge in [-0.3, -0.25) is 13.9 Å². The summed E-state index contributed by atoms with van der Waals surface area (Å²) >= 11 is 1.15. The molecule has 25 heavy (non-hydrogen) atoms. The van der Waals surface area contributed by atoms with Gasteiger partial charge in [0.25, 0.3) is 5.56 Å². The molecule has 0 unspecified atom stereocenters. The van der Waals surface area contributed by atoms with E-state index in [2.05, 4.69) is 4.98 Å². The van der Waals surface area contributed by atoms with E-state index in [-0.39, 0.29) is 11.4 Å². The number of thioether (sulfide) groups is 1. The summed E-state index contributed by atoms with van der Waals surface area (Å²) < 4.78 is 30.8. The van der Waals surface area contributed by atoms with Crippen LogP contribution in [-0.4, -0.2) is 24.4 Å². The molecule has 2 aromatic heterocycles. The molecule has 0 atom stereocenters. The first-order valence-electron chi connectivity index (χ1n) is 7.59. The monoisotopic (exact) mass is 366 g/mol. The molecule has 0 saturated carbocycles. The summed E-state index contributed by atoms with van der Waals surface area (Å²) in [6.07, 6.45) is 1.94. The largest absolute Gasteiger partial charge is 0.332 e. The summed E-state index contributed by atoms with van der Waals surface area (Å²) in [6.45, 7) is 0.191. The number of fused-ring (bicyclic) bond motifs is 1. The van der Waals surface area contributed by atoms with E-state index in [1.165, 1.54) is 10.9 Å². The molecule has 0 fully saturated rings. The smallest absolute Gasteiger partial charge is 0.328 e. The van der Waals surface area contributed by atoms with Crippen molar-refractivity contribution in [3.05, 3.63) is 57.0 Å². The van der Waals surface area contributed by atoms with Crippen molar-refractivity contribution in [2.24, 2.45) is 14.1 Å². The molecule has 0 spiro atoms. The van der Waals surface area contributed by atoms with Gasteiger partial charge >= 0.3 is 5.69 Å². The van der Waals surface area contributed by atoms with E-state index in [9.17, 15) is 18.4 Å². The Kier molecular flexibility index (Phi) is 4.76. The molecule has 0 saturated heterocycles. The zero-order valence-electron chi connectivity index (χ0n) is 13.7. The van der Waals surface area contributed by atoms with Gasteiger partial charge in [0, 0.05) is 25.5 Å². The molecule has 3 rings (SSSR count). The van der Waals surface area contributed by atoms with Crippen LogP contribution in [0.5, 0.6) is 0 Å². The van der Waals surface area contributed by atoms with Gasteiger partial charge < -0.3 is 4.57 Å². The molecule has 9 heteroatoms. The molecule has 1 aromatic carbocycles. The average molecular weight is 366 g/mol. The fraction of sp³-hybridized carbons (Fsp3) is 0.312. The van der Waals surface area contributed by atoms with Gasteiger partial charge in [-0.15, -0.1) is 11.8 Å². The van der Waals surface area contributed by atoms with Crippen molar-refractivity contribution < 1.29 is 8.78 Å². The highest BCUT2D eigenvalue weighted by Crippen LogP contribution is 2.23. The Balaban J connectivity index is 1.78. The highest BCUT2D eigenvalue weighted by atomic mass is 32.2. The minimum atomic E-state index is -0.504. The Hall–Kier alpha value is -2.42.